The van der Waals surface area contributed by atoms with Crippen molar-refractivity contribution < 1.29 is 19.3 Å². The van der Waals surface area contributed by atoms with Gasteiger partial charge >= 0.3 is 0 Å². The molecule has 1 N–H and O–H groups in total. The summed E-state index contributed by atoms with van der Waals surface area (Å²) in [5.41, 5.74) is 0. The maximum absolute atomic E-state index is 8.60. The highest BCUT2D eigenvalue weighted by Crippen LogP contribution is 2.11. The molecule has 0 spiro atoms. The Labute approximate surface area is 143 Å². The van der Waals surface area contributed by atoms with E-state index in [-0.39, 0.29) is 19.5 Å². The van der Waals surface area contributed by atoms with Crippen LogP contribution in [0.4, 0.5) is 0 Å². The van der Waals surface area contributed by atoms with Gasteiger partial charge < -0.3 is 19.3 Å². The zero-order valence-corrected chi connectivity index (χ0v) is 15.3. The molecule has 1 atom stereocenters. The first-order valence-corrected chi connectivity index (χ1v) is 8.48. The Bertz CT molecular complexity index is 327. The largest absolute Gasteiger partial charge is 0.392 e. The first-order valence-electron chi connectivity index (χ1n) is 7.68. The van der Waals surface area contributed by atoms with E-state index in [4.69, 9.17) is 19.3 Å². The van der Waals surface area contributed by atoms with Crippen molar-refractivity contribution in [2.45, 2.75) is 38.7 Å². The fraction of sp³-hybridized carbons (Fsp3) is 0.647. The number of methoxy groups -OCH3 is 1. The first-order chi connectivity index (χ1) is 10.7. The SMILES string of the molecule is COCCOCO[C@@H](C)/C=C(Br)/C=C/CCCC/C=C/CO. The van der Waals surface area contributed by atoms with Crippen LogP contribution in [0.2, 0.25) is 0 Å². The summed E-state index contributed by atoms with van der Waals surface area (Å²) in [6.07, 6.45) is 14.4. The van der Waals surface area contributed by atoms with Gasteiger partial charge in [0.05, 0.1) is 25.9 Å². The molecule has 0 aromatic carbocycles. The molecule has 0 aromatic heterocycles. The van der Waals surface area contributed by atoms with Crippen molar-refractivity contribution in [1.29, 1.82) is 0 Å². The van der Waals surface area contributed by atoms with Crippen molar-refractivity contribution in [3.05, 3.63) is 34.9 Å². The molecular weight excluding hydrogens is 348 g/mol. The number of ether oxygens (including phenoxy) is 3. The van der Waals surface area contributed by atoms with E-state index >= 15 is 0 Å². The van der Waals surface area contributed by atoms with Gasteiger partial charge in [0.15, 0.2) is 0 Å². The molecule has 0 aromatic rings. The van der Waals surface area contributed by atoms with Crippen molar-refractivity contribution in [3.63, 3.8) is 0 Å². The van der Waals surface area contributed by atoms with E-state index in [1.165, 1.54) is 0 Å². The zero-order valence-electron chi connectivity index (χ0n) is 13.7. The average molecular weight is 377 g/mol. The maximum Gasteiger partial charge on any atom is 0.147 e. The lowest BCUT2D eigenvalue weighted by Crippen LogP contribution is -2.11. The number of aliphatic hydroxyl groups is 1. The molecular formula is C17H29BrO4. The van der Waals surface area contributed by atoms with Crippen LogP contribution in [-0.4, -0.2) is 44.9 Å². The van der Waals surface area contributed by atoms with Crippen LogP contribution in [0.1, 0.15) is 32.6 Å². The van der Waals surface area contributed by atoms with Gasteiger partial charge in [0.1, 0.15) is 6.79 Å². The van der Waals surface area contributed by atoms with Gasteiger partial charge in [-0.25, -0.2) is 0 Å². The third-order valence-corrected chi connectivity index (χ3v) is 3.31. The Kier molecular flexibility index (Phi) is 16.5. The van der Waals surface area contributed by atoms with Crippen LogP contribution in [0.3, 0.4) is 0 Å². The van der Waals surface area contributed by atoms with Gasteiger partial charge in [0, 0.05) is 11.6 Å². The van der Waals surface area contributed by atoms with Crippen molar-refractivity contribution in [3.8, 4) is 0 Å². The summed E-state index contributed by atoms with van der Waals surface area (Å²) in [6.45, 7) is 3.50. The fourth-order valence-corrected chi connectivity index (χ4v) is 2.16. The zero-order chi connectivity index (χ0) is 16.5. The molecule has 0 bridgehead atoms. The van der Waals surface area contributed by atoms with Gasteiger partial charge in [-0.2, -0.15) is 0 Å². The lowest BCUT2D eigenvalue weighted by Gasteiger charge is -2.09. The molecule has 0 unspecified atom stereocenters. The third-order valence-electron chi connectivity index (χ3n) is 2.78. The molecule has 128 valence electrons. The van der Waals surface area contributed by atoms with E-state index in [1.54, 1.807) is 13.2 Å². The summed E-state index contributed by atoms with van der Waals surface area (Å²) in [7, 11) is 1.64. The Hall–Kier alpha value is -0.460. The van der Waals surface area contributed by atoms with E-state index in [0.717, 1.165) is 30.2 Å². The summed E-state index contributed by atoms with van der Waals surface area (Å²) in [5.74, 6) is 0. The second kappa shape index (κ2) is 16.9. The maximum atomic E-state index is 8.60. The predicted octanol–water partition coefficient (Wildman–Crippen LogP) is 3.96. The van der Waals surface area contributed by atoms with E-state index < -0.39 is 0 Å². The summed E-state index contributed by atoms with van der Waals surface area (Å²) in [6, 6.07) is 0. The van der Waals surface area contributed by atoms with Crippen molar-refractivity contribution in [2.75, 3.05) is 33.7 Å². The van der Waals surface area contributed by atoms with Crippen LogP contribution >= 0.6 is 15.9 Å². The van der Waals surface area contributed by atoms with Gasteiger partial charge in [-0.15, -0.1) is 0 Å². The number of hydrogen-bond donors (Lipinski definition) is 1. The summed E-state index contributed by atoms with van der Waals surface area (Å²) in [4.78, 5) is 0. The molecule has 0 aliphatic heterocycles. The van der Waals surface area contributed by atoms with Gasteiger partial charge in [-0.1, -0.05) is 40.2 Å². The summed E-state index contributed by atoms with van der Waals surface area (Å²) >= 11 is 3.51. The second-order valence-electron chi connectivity index (χ2n) is 4.78. The minimum absolute atomic E-state index is 0.00908. The number of rotatable bonds is 14. The number of halogens is 1. The van der Waals surface area contributed by atoms with E-state index in [0.29, 0.717) is 13.2 Å². The summed E-state index contributed by atoms with van der Waals surface area (Å²) < 4.78 is 16.6. The molecule has 0 fully saturated rings. The number of unbranched alkanes of at least 4 members (excludes halogenated alkanes) is 3. The number of aliphatic hydroxyl groups excluding tert-OH is 1. The van der Waals surface area contributed by atoms with Crippen LogP contribution in [-0.2, 0) is 14.2 Å². The van der Waals surface area contributed by atoms with E-state index in [1.807, 2.05) is 19.1 Å². The normalized spacial score (nSPS) is 14.3. The van der Waals surface area contributed by atoms with Crippen LogP contribution in [0.25, 0.3) is 0 Å². The Morgan fingerprint density at radius 1 is 1.14 bits per heavy atom. The highest BCUT2D eigenvalue weighted by molar-refractivity contribution is 9.11. The minimum atomic E-state index is -0.00908. The molecule has 0 radical (unpaired) electrons. The Balaban J connectivity index is 3.67. The third kappa shape index (κ3) is 15.9. The topological polar surface area (TPSA) is 47.9 Å². The minimum Gasteiger partial charge on any atom is -0.392 e. The lowest BCUT2D eigenvalue weighted by molar-refractivity contribution is -0.0803. The van der Waals surface area contributed by atoms with E-state index in [2.05, 4.69) is 28.1 Å². The number of allylic oxidation sites excluding steroid dienone is 4. The van der Waals surface area contributed by atoms with Gasteiger partial charge in [-0.05, 0) is 38.7 Å². The molecule has 22 heavy (non-hydrogen) atoms. The van der Waals surface area contributed by atoms with E-state index in [9.17, 15) is 0 Å². The van der Waals surface area contributed by atoms with Crippen LogP contribution in [0.5, 0.6) is 0 Å². The molecule has 5 heteroatoms. The fourth-order valence-electron chi connectivity index (χ4n) is 1.60. The highest BCUT2D eigenvalue weighted by atomic mass is 79.9. The predicted molar refractivity (Wildman–Crippen MR) is 94.1 cm³/mol. The lowest BCUT2D eigenvalue weighted by atomic mass is 10.2. The van der Waals surface area contributed by atoms with Crippen LogP contribution in [0.15, 0.2) is 34.9 Å². The smallest absolute Gasteiger partial charge is 0.147 e. The Morgan fingerprint density at radius 3 is 2.55 bits per heavy atom. The van der Waals surface area contributed by atoms with Gasteiger partial charge in [0.25, 0.3) is 0 Å². The second-order valence-corrected chi connectivity index (χ2v) is 5.70. The first kappa shape index (κ1) is 21.5. The van der Waals surface area contributed by atoms with Crippen molar-refractivity contribution in [1.82, 2.24) is 0 Å². The quantitative estimate of drug-likeness (QED) is 0.216. The summed E-state index contributed by atoms with van der Waals surface area (Å²) in [5, 5.41) is 8.60. The molecule has 0 heterocycles. The standard InChI is InChI=1S/C17H29BrO4/c1-16(22-15-21-13-12-20-2)14-17(18)10-8-6-4-3-5-7-9-11-19/h7-10,14,16,19H,3-6,11-13,15H2,1-2H3/b9-7+,10-8+,17-14-/t16-/m0/s1. The van der Waals surface area contributed by atoms with Crippen molar-refractivity contribution in [2.24, 2.45) is 0 Å². The number of hydrogen-bond acceptors (Lipinski definition) is 4. The van der Waals surface area contributed by atoms with Crippen LogP contribution < -0.4 is 0 Å². The van der Waals surface area contributed by atoms with Gasteiger partial charge in [-0.3, -0.25) is 0 Å². The monoisotopic (exact) mass is 376 g/mol. The molecule has 0 amide bonds. The molecule has 4 nitrogen and oxygen atoms in total. The van der Waals surface area contributed by atoms with Crippen LogP contribution in [0, 0.1) is 0 Å². The molecule has 0 aliphatic carbocycles. The van der Waals surface area contributed by atoms with Crippen molar-refractivity contribution >= 4 is 15.9 Å². The molecule has 0 saturated carbocycles. The average Bonchev–Trinajstić information content (AvgIpc) is 2.49. The highest BCUT2D eigenvalue weighted by Gasteiger charge is 1.98. The molecule has 0 aliphatic rings. The Morgan fingerprint density at radius 2 is 1.86 bits per heavy atom. The molecule has 0 saturated heterocycles. The van der Waals surface area contributed by atoms with Gasteiger partial charge in [0.2, 0.25) is 0 Å². The molecule has 0 rings (SSSR count).